The third-order valence-electron chi connectivity index (χ3n) is 4.50. The van der Waals surface area contributed by atoms with Gasteiger partial charge in [0.25, 0.3) is 0 Å². The zero-order valence-corrected chi connectivity index (χ0v) is 26.7. The van der Waals surface area contributed by atoms with E-state index in [1.807, 2.05) is 56.3 Å². The Morgan fingerprint density at radius 3 is 1.83 bits per heavy atom. The molecule has 0 saturated heterocycles. The average Bonchev–Trinajstić information content (AvgIpc) is 3.67. The number of amides is 1. The number of aliphatic imine (C=N–C) groups is 2. The van der Waals surface area contributed by atoms with Crippen molar-refractivity contribution in [2.24, 2.45) is 9.98 Å². The fourth-order valence-electron chi connectivity index (χ4n) is 2.94. The van der Waals surface area contributed by atoms with Crippen molar-refractivity contribution in [1.82, 2.24) is 16.0 Å². The predicted molar refractivity (Wildman–Crippen MR) is 139 cm³/mol. The molecular weight excluding hydrogens is 790 g/mol. The second-order valence-electron chi connectivity index (χ2n) is 6.75. The molecule has 0 radical (unpaired) electrons. The monoisotopic (exact) mass is 822 g/mol. The molecule has 3 N–H and O–H groups in total. The van der Waals surface area contributed by atoms with Crippen LogP contribution in [0.1, 0.15) is 35.3 Å². The molecule has 2 aliphatic heterocycles. The molecule has 8 heteroatoms. The van der Waals surface area contributed by atoms with Crippen LogP contribution in [0.2, 0.25) is 0 Å². The van der Waals surface area contributed by atoms with Gasteiger partial charge in [0.2, 0.25) is 0 Å². The Morgan fingerprint density at radius 2 is 1.39 bits per heavy atom. The number of carbonyl (C=O) groups is 1. The van der Waals surface area contributed by atoms with Gasteiger partial charge in [-0.25, -0.2) is 0 Å². The summed E-state index contributed by atoms with van der Waals surface area (Å²) in [5, 5.41) is 8.92. The second-order valence-corrected chi connectivity index (χ2v) is 6.75. The molecule has 6 nitrogen and oxygen atoms in total. The summed E-state index contributed by atoms with van der Waals surface area (Å²) in [6, 6.07) is 31.5. The van der Waals surface area contributed by atoms with Gasteiger partial charge in [-0.3, -0.25) is 40.3 Å². The molecule has 0 unspecified atom stereocenters. The molecule has 0 bridgehead atoms. The zero-order valence-electron chi connectivity index (χ0n) is 20.9. The third-order valence-corrected chi connectivity index (χ3v) is 4.50. The number of nitrogens with zero attached hydrogens (tertiary/aromatic N) is 2. The molecule has 0 aromatic heterocycles. The Morgan fingerprint density at radius 1 is 0.833 bits per heavy atom. The fraction of sp³-hybridized carbons (Fsp3) is 0.250. The summed E-state index contributed by atoms with van der Waals surface area (Å²) >= 11 is 0. The van der Waals surface area contributed by atoms with E-state index in [1.165, 1.54) is 5.56 Å². The molecule has 3 aromatic rings. The van der Waals surface area contributed by atoms with Crippen LogP contribution >= 0.6 is 0 Å². The summed E-state index contributed by atoms with van der Waals surface area (Å²) in [6.45, 7) is 7.75. The summed E-state index contributed by atoms with van der Waals surface area (Å²) in [6.07, 6.45) is 0. The van der Waals surface area contributed by atoms with Gasteiger partial charge in [0.1, 0.15) is 17.6 Å². The maximum absolute atomic E-state index is 10.9. The molecule has 2 aliphatic rings. The summed E-state index contributed by atoms with van der Waals surface area (Å²) in [5.41, 5.74) is 2.86. The molecule has 0 atom stereocenters. The van der Waals surface area contributed by atoms with Gasteiger partial charge in [-0.15, -0.1) is 0 Å². The minimum Gasteiger partial charge on any atom is -0.404 e. The van der Waals surface area contributed by atoms with Crippen molar-refractivity contribution in [2.75, 3.05) is 33.2 Å². The number of benzene rings is 3. The molecular formula is C28H32N5OW2-. The van der Waals surface area contributed by atoms with Crippen LogP contribution < -0.4 is 16.0 Å². The number of nitrogens with one attached hydrogen (secondary N) is 3. The van der Waals surface area contributed by atoms with Crippen LogP contribution in [0.25, 0.3) is 0 Å². The van der Waals surface area contributed by atoms with E-state index in [-0.39, 0.29) is 48.0 Å². The van der Waals surface area contributed by atoms with Gasteiger partial charge < -0.3 is 20.7 Å². The van der Waals surface area contributed by atoms with Crippen molar-refractivity contribution in [3.63, 3.8) is 0 Å². The van der Waals surface area contributed by atoms with Crippen molar-refractivity contribution in [3.8, 4) is 0 Å². The first kappa shape index (κ1) is 33.4. The minimum atomic E-state index is -0.128. The van der Waals surface area contributed by atoms with Gasteiger partial charge in [0.05, 0.1) is 13.1 Å². The first-order valence-electron chi connectivity index (χ1n) is 11.5. The van der Waals surface area contributed by atoms with Crippen LogP contribution in [0, 0.1) is 18.2 Å². The predicted octanol–water partition coefficient (Wildman–Crippen LogP) is 3.54. The fourth-order valence-corrected chi connectivity index (χ4v) is 2.94. The van der Waals surface area contributed by atoms with Crippen LogP contribution in [0.3, 0.4) is 0 Å². The molecule has 0 saturated carbocycles. The van der Waals surface area contributed by atoms with E-state index in [1.54, 1.807) is 25.2 Å². The molecule has 0 spiro atoms. The van der Waals surface area contributed by atoms with E-state index in [2.05, 4.69) is 56.3 Å². The molecule has 188 valence electrons. The summed E-state index contributed by atoms with van der Waals surface area (Å²) < 4.78 is 0. The van der Waals surface area contributed by atoms with Gasteiger partial charge in [-0.05, 0) is 7.05 Å². The largest absolute Gasteiger partial charge is 2.00 e. The molecule has 0 fully saturated rings. The molecule has 36 heavy (non-hydrogen) atoms. The van der Waals surface area contributed by atoms with Gasteiger partial charge in [0, 0.05) is 39.7 Å². The Bertz CT molecular complexity index is 970. The smallest absolute Gasteiger partial charge is 0.404 e. The SMILES string of the molecule is CC.CNC(=O)c1[c-]cc[c-]c1.[W+2].[W].[c-]1ccc(C2=NCCN2)cc1.c1ccc(C2=NCCN2)cc1. The number of hydrogen-bond acceptors (Lipinski definition) is 5. The van der Waals surface area contributed by atoms with Crippen LogP contribution in [0.4, 0.5) is 0 Å². The summed E-state index contributed by atoms with van der Waals surface area (Å²) in [4.78, 5) is 19.5. The van der Waals surface area contributed by atoms with E-state index < -0.39 is 0 Å². The number of amidine groups is 2. The molecule has 5 rings (SSSR count). The van der Waals surface area contributed by atoms with Crippen LogP contribution in [-0.2, 0) is 42.1 Å². The van der Waals surface area contributed by atoms with Crippen LogP contribution in [-0.4, -0.2) is 50.8 Å². The Labute approximate surface area is 244 Å². The van der Waals surface area contributed by atoms with Crippen molar-refractivity contribution >= 4 is 17.6 Å². The summed E-state index contributed by atoms with van der Waals surface area (Å²) in [7, 11) is 1.59. The van der Waals surface area contributed by atoms with E-state index >= 15 is 0 Å². The topological polar surface area (TPSA) is 77.9 Å². The maximum Gasteiger partial charge on any atom is 2.00 e. The first-order valence-corrected chi connectivity index (χ1v) is 11.5. The van der Waals surface area contributed by atoms with Gasteiger partial charge in [0.15, 0.2) is 0 Å². The Hall–Kier alpha value is -2.55. The first-order chi connectivity index (χ1) is 16.8. The van der Waals surface area contributed by atoms with E-state index in [4.69, 9.17) is 0 Å². The number of rotatable bonds is 3. The Balaban J connectivity index is 0.000000481. The van der Waals surface area contributed by atoms with Crippen molar-refractivity contribution in [1.29, 1.82) is 0 Å². The summed E-state index contributed by atoms with van der Waals surface area (Å²) in [5.74, 6) is 1.92. The average molecular weight is 822 g/mol. The van der Waals surface area contributed by atoms with Crippen molar-refractivity contribution in [2.45, 2.75) is 13.8 Å². The third kappa shape index (κ3) is 11.9. The molecule has 3 aromatic carbocycles. The van der Waals surface area contributed by atoms with Crippen LogP contribution in [0.5, 0.6) is 0 Å². The number of carbonyl (C=O) groups excluding carboxylic acids is 1. The molecule has 2 heterocycles. The zero-order chi connectivity index (χ0) is 24.4. The minimum absolute atomic E-state index is 0. The van der Waals surface area contributed by atoms with Gasteiger partial charge in [-0.1, -0.05) is 49.7 Å². The van der Waals surface area contributed by atoms with E-state index in [0.29, 0.717) is 5.56 Å². The van der Waals surface area contributed by atoms with Crippen molar-refractivity contribution < 1.29 is 46.9 Å². The quantitative estimate of drug-likeness (QED) is 0.355. The van der Waals surface area contributed by atoms with E-state index in [9.17, 15) is 4.79 Å². The normalized spacial score (nSPS) is 12.3. The van der Waals surface area contributed by atoms with Crippen molar-refractivity contribution in [3.05, 3.63) is 108 Å². The van der Waals surface area contributed by atoms with E-state index in [0.717, 1.165) is 43.4 Å². The maximum atomic E-state index is 10.9. The van der Waals surface area contributed by atoms with Gasteiger partial charge >= 0.3 is 21.1 Å². The Kier molecular flexibility index (Phi) is 19.2. The van der Waals surface area contributed by atoms with Crippen LogP contribution in [0.15, 0.2) is 82.8 Å². The number of hydrogen-bond donors (Lipinski definition) is 3. The standard InChI is InChI=1S/C9H10N2.C9H9N2.C8H7NO.C2H6.2W/c2*1-2-4-8(5-3-1)9-10-6-7-11-9;1-9-8(10)7-5-3-2-4-6-7;1-2;;/h1-5H,6-7H2,(H,10,11);2-5H,6-7H2,(H,10,11);2-3,6H,1H3,(H,9,10);1-2H3;;/q;-1;-2;;;+2. The second kappa shape index (κ2) is 20.6. The molecule has 0 aliphatic carbocycles. The molecule has 1 amide bonds. The van der Waals surface area contributed by atoms with Gasteiger partial charge in [-0.2, -0.15) is 35.9 Å².